The summed E-state index contributed by atoms with van der Waals surface area (Å²) in [6.07, 6.45) is -1.76. The molecule has 2 N–H and O–H groups in total. The topological polar surface area (TPSA) is 65.2 Å². The highest BCUT2D eigenvalue weighted by molar-refractivity contribution is 5.92. The minimum absolute atomic E-state index is 0.116. The Morgan fingerprint density at radius 2 is 2.29 bits per heavy atom. The first-order chi connectivity index (χ1) is 6.56. The molecule has 1 aromatic rings. The lowest BCUT2D eigenvalue weighted by atomic mass is 10.2. The standard InChI is InChI=1S/C8H8F2N2O2/c1-14-8(13)6-5(11)2-4(3-12-6)7(9)10/h2-3,7H,11H2,1H3. The van der Waals surface area contributed by atoms with Crippen molar-refractivity contribution in [2.45, 2.75) is 6.43 Å². The molecule has 76 valence electrons. The van der Waals surface area contributed by atoms with E-state index >= 15 is 0 Å². The Hall–Kier alpha value is -1.72. The lowest BCUT2D eigenvalue weighted by Crippen LogP contribution is -2.09. The summed E-state index contributed by atoms with van der Waals surface area (Å²) in [7, 11) is 1.16. The lowest BCUT2D eigenvalue weighted by molar-refractivity contribution is 0.0595. The predicted octanol–water partition coefficient (Wildman–Crippen LogP) is 1.39. The summed E-state index contributed by atoms with van der Waals surface area (Å²) >= 11 is 0. The maximum Gasteiger partial charge on any atom is 0.358 e. The van der Waals surface area contributed by atoms with Crippen LogP contribution in [0.2, 0.25) is 0 Å². The van der Waals surface area contributed by atoms with Gasteiger partial charge < -0.3 is 10.5 Å². The molecule has 0 aliphatic carbocycles. The van der Waals surface area contributed by atoms with Gasteiger partial charge in [0.05, 0.1) is 12.8 Å². The first-order valence-corrected chi connectivity index (χ1v) is 3.68. The number of pyridine rings is 1. The first kappa shape index (κ1) is 10.4. The monoisotopic (exact) mass is 202 g/mol. The second kappa shape index (κ2) is 3.99. The zero-order valence-corrected chi connectivity index (χ0v) is 7.33. The van der Waals surface area contributed by atoms with Gasteiger partial charge in [-0.1, -0.05) is 0 Å². The molecule has 14 heavy (non-hydrogen) atoms. The number of alkyl halides is 2. The van der Waals surface area contributed by atoms with Gasteiger partial charge in [0, 0.05) is 11.8 Å². The predicted molar refractivity (Wildman–Crippen MR) is 44.9 cm³/mol. The first-order valence-electron chi connectivity index (χ1n) is 3.68. The minimum Gasteiger partial charge on any atom is -0.464 e. The van der Waals surface area contributed by atoms with Gasteiger partial charge in [-0.15, -0.1) is 0 Å². The van der Waals surface area contributed by atoms with Crippen LogP contribution >= 0.6 is 0 Å². The van der Waals surface area contributed by atoms with Crippen molar-refractivity contribution in [3.8, 4) is 0 Å². The summed E-state index contributed by atoms with van der Waals surface area (Å²) in [5, 5.41) is 0. The van der Waals surface area contributed by atoms with Gasteiger partial charge in [0.15, 0.2) is 5.69 Å². The Bertz CT molecular complexity index is 355. The zero-order valence-electron chi connectivity index (χ0n) is 7.33. The lowest BCUT2D eigenvalue weighted by Gasteiger charge is -2.04. The minimum atomic E-state index is -2.66. The van der Waals surface area contributed by atoms with Crippen molar-refractivity contribution in [2.75, 3.05) is 12.8 Å². The molecule has 1 rings (SSSR count). The molecule has 0 radical (unpaired) electrons. The second-order valence-electron chi connectivity index (χ2n) is 2.50. The SMILES string of the molecule is COC(=O)c1ncc(C(F)F)cc1N. The molecule has 0 unspecified atom stereocenters. The van der Waals surface area contributed by atoms with E-state index < -0.39 is 12.4 Å². The molecule has 0 bridgehead atoms. The molecule has 4 nitrogen and oxygen atoms in total. The largest absolute Gasteiger partial charge is 0.464 e. The van der Waals surface area contributed by atoms with E-state index in [0.717, 1.165) is 19.4 Å². The smallest absolute Gasteiger partial charge is 0.358 e. The molecule has 0 aromatic carbocycles. The molecular weight excluding hydrogens is 194 g/mol. The molecule has 0 fully saturated rings. The van der Waals surface area contributed by atoms with Crippen molar-refractivity contribution >= 4 is 11.7 Å². The molecule has 0 spiro atoms. The van der Waals surface area contributed by atoms with Gasteiger partial charge >= 0.3 is 5.97 Å². The molecule has 0 saturated carbocycles. The van der Waals surface area contributed by atoms with Crippen LogP contribution in [0.1, 0.15) is 22.5 Å². The molecule has 6 heteroatoms. The fourth-order valence-electron chi connectivity index (χ4n) is 0.885. The highest BCUT2D eigenvalue weighted by Crippen LogP contribution is 2.21. The molecular formula is C8H8F2N2O2. The van der Waals surface area contributed by atoms with Gasteiger partial charge in [-0.05, 0) is 6.07 Å². The van der Waals surface area contributed by atoms with E-state index in [4.69, 9.17) is 5.73 Å². The maximum absolute atomic E-state index is 12.2. The summed E-state index contributed by atoms with van der Waals surface area (Å²) in [5.74, 6) is -0.747. The van der Waals surface area contributed by atoms with Crippen LogP contribution < -0.4 is 5.73 Å². The molecule has 0 saturated heterocycles. The molecule has 0 aliphatic rings. The number of nitrogen functional groups attached to an aromatic ring is 1. The Kier molecular flexibility index (Phi) is 2.95. The third-order valence-corrected chi connectivity index (χ3v) is 1.57. The van der Waals surface area contributed by atoms with Crippen LogP contribution in [0.25, 0.3) is 0 Å². The molecule has 0 amide bonds. The second-order valence-corrected chi connectivity index (χ2v) is 2.50. The average molecular weight is 202 g/mol. The quantitative estimate of drug-likeness (QED) is 0.736. The van der Waals surface area contributed by atoms with Gasteiger partial charge in [-0.3, -0.25) is 0 Å². The van der Waals surface area contributed by atoms with Crippen LogP contribution in [0.5, 0.6) is 0 Å². The summed E-state index contributed by atoms with van der Waals surface area (Å²) in [4.78, 5) is 14.5. The third-order valence-electron chi connectivity index (χ3n) is 1.57. The van der Waals surface area contributed by atoms with Crippen molar-refractivity contribution in [2.24, 2.45) is 0 Å². The van der Waals surface area contributed by atoms with E-state index in [9.17, 15) is 13.6 Å². The summed E-state index contributed by atoms with van der Waals surface area (Å²) < 4.78 is 28.6. The number of hydrogen-bond donors (Lipinski definition) is 1. The third kappa shape index (κ3) is 1.95. The molecule has 0 aliphatic heterocycles. The Labute approximate surface area is 78.7 Å². The zero-order chi connectivity index (χ0) is 10.7. The average Bonchev–Trinajstić information content (AvgIpc) is 2.16. The number of anilines is 1. The van der Waals surface area contributed by atoms with Crippen LogP contribution in [0.15, 0.2) is 12.3 Å². The molecule has 1 aromatic heterocycles. The number of esters is 1. The van der Waals surface area contributed by atoms with Gasteiger partial charge in [0.1, 0.15) is 0 Å². The molecule has 1 heterocycles. The van der Waals surface area contributed by atoms with Crippen molar-refractivity contribution in [3.63, 3.8) is 0 Å². The number of halogens is 2. The number of ether oxygens (including phenoxy) is 1. The number of hydrogen-bond acceptors (Lipinski definition) is 4. The van der Waals surface area contributed by atoms with Crippen LogP contribution in [0, 0.1) is 0 Å². The summed E-state index contributed by atoms with van der Waals surface area (Å²) in [6.45, 7) is 0. The number of methoxy groups -OCH3 is 1. The Balaban J connectivity index is 3.07. The summed E-state index contributed by atoms with van der Waals surface area (Å²) in [5.41, 5.74) is 4.74. The van der Waals surface area contributed by atoms with Crippen molar-refractivity contribution in [1.82, 2.24) is 4.98 Å². The fourth-order valence-corrected chi connectivity index (χ4v) is 0.885. The highest BCUT2D eigenvalue weighted by atomic mass is 19.3. The summed E-state index contributed by atoms with van der Waals surface area (Å²) in [6, 6.07) is 1.00. The number of nitrogens with two attached hydrogens (primary N) is 1. The van der Waals surface area contributed by atoms with Crippen LogP contribution in [0.4, 0.5) is 14.5 Å². The van der Waals surface area contributed by atoms with E-state index in [1.807, 2.05) is 0 Å². The van der Waals surface area contributed by atoms with Crippen molar-refractivity contribution in [3.05, 3.63) is 23.5 Å². The Morgan fingerprint density at radius 3 is 2.71 bits per heavy atom. The number of nitrogens with zero attached hydrogens (tertiary/aromatic N) is 1. The number of carbonyl (C=O) groups excluding carboxylic acids is 1. The normalized spacial score (nSPS) is 10.3. The number of aromatic nitrogens is 1. The van der Waals surface area contributed by atoms with Gasteiger partial charge in [0.2, 0.25) is 0 Å². The van der Waals surface area contributed by atoms with E-state index in [2.05, 4.69) is 9.72 Å². The fraction of sp³-hybridized carbons (Fsp3) is 0.250. The van der Waals surface area contributed by atoms with Crippen molar-refractivity contribution < 1.29 is 18.3 Å². The van der Waals surface area contributed by atoms with Crippen LogP contribution in [0.3, 0.4) is 0 Å². The van der Waals surface area contributed by atoms with E-state index in [0.29, 0.717) is 0 Å². The Morgan fingerprint density at radius 1 is 1.64 bits per heavy atom. The van der Waals surface area contributed by atoms with E-state index in [-0.39, 0.29) is 16.9 Å². The van der Waals surface area contributed by atoms with Gasteiger partial charge in [-0.2, -0.15) is 0 Å². The maximum atomic E-state index is 12.2. The van der Waals surface area contributed by atoms with E-state index in [1.54, 1.807) is 0 Å². The van der Waals surface area contributed by atoms with Gasteiger partial charge in [0.25, 0.3) is 6.43 Å². The molecule has 0 atom stereocenters. The van der Waals surface area contributed by atoms with Crippen LogP contribution in [-0.4, -0.2) is 18.1 Å². The number of rotatable bonds is 2. The van der Waals surface area contributed by atoms with Crippen molar-refractivity contribution in [1.29, 1.82) is 0 Å². The number of carbonyl (C=O) groups is 1. The van der Waals surface area contributed by atoms with Crippen LogP contribution in [-0.2, 0) is 4.74 Å². The highest BCUT2D eigenvalue weighted by Gasteiger charge is 2.15. The van der Waals surface area contributed by atoms with E-state index in [1.165, 1.54) is 0 Å². The van der Waals surface area contributed by atoms with Gasteiger partial charge in [-0.25, -0.2) is 18.6 Å².